The van der Waals surface area contributed by atoms with E-state index < -0.39 is 6.10 Å². The number of benzene rings is 2. The van der Waals surface area contributed by atoms with Crippen LogP contribution in [0.25, 0.3) is 0 Å². The summed E-state index contributed by atoms with van der Waals surface area (Å²) in [7, 11) is 0. The topological polar surface area (TPSA) is 38.3 Å². The molecule has 1 saturated carbocycles. The van der Waals surface area contributed by atoms with Crippen LogP contribution in [0.5, 0.6) is 5.75 Å². The fourth-order valence-electron chi connectivity index (χ4n) is 2.08. The van der Waals surface area contributed by atoms with E-state index in [0.717, 1.165) is 12.8 Å². The molecule has 5 heteroatoms. The summed E-state index contributed by atoms with van der Waals surface area (Å²) < 4.78 is 18.9. The first kappa shape index (κ1) is 14.9. The summed E-state index contributed by atoms with van der Waals surface area (Å²) in [5, 5.41) is 3.33. The Morgan fingerprint density at radius 2 is 1.86 bits per heavy atom. The van der Waals surface area contributed by atoms with Crippen LogP contribution in [0, 0.1) is 5.82 Å². The van der Waals surface area contributed by atoms with Gasteiger partial charge in [0.25, 0.3) is 5.91 Å². The molecule has 1 N–H and O–H groups in total. The summed E-state index contributed by atoms with van der Waals surface area (Å²) in [6.07, 6.45) is 1.10. The quantitative estimate of drug-likeness (QED) is 0.908. The smallest absolute Gasteiger partial charge is 0.266 e. The van der Waals surface area contributed by atoms with Crippen molar-refractivity contribution in [3.05, 3.63) is 64.9 Å². The third-order valence-corrected chi connectivity index (χ3v) is 3.73. The van der Waals surface area contributed by atoms with Gasteiger partial charge in [0.2, 0.25) is 6.10 Å². The summed E-state index contributed by atoms with van der Waals surface area (Å²) in [5.74, 6) is -0.179. The monoisotopic (exact) mass is 319 g/mol. The Kier molecular flexibility index (Phi) is 4.29. The molecule has 0 aliphatic heterocycles. The fraction of sp³-hybridized carbons (Fsp3) is 0.235. The second-order valence-corrected chi connectivity index (χ2v) is 5.67. The summed E-state index contributed by atoms with van der Waals surface area (Å²) in [6.45, 7) is 0. The van der Waals surface area contributed by atoms with Crippen LogP contribution < -0.4 is 10.1 Å². The van der Waals surface area contributed by atoms with Crippen LogP contribution in [0.4, 0.5) is 4.39 Å². The Hall–Kier alpha value is -2.07. The number of carbonyl (C=O) groups is 1. The van der Waals surface area contributed by atoms with Crippen LogP contribution in [-0.4, -0.2) is 11.9 Å². The number of carbonyl (C=O) groups excluding carboxylic acids is 1. The van der Waals surface area contributed by atoms with Crippen LogP contribution in [0.1, 0.15) is 24.5 Å². The molecule has 1 amide bonds. The Morgan fingerprint density at radius 1 is 1.18 bits per heavy atom. The Labute approximate surface area is 133 Å². The number of para-hydroxylation sites is 1. The van der Waals surface area contributed by atoms with Crippen molar-refractivity contribution in [2.75, 3.05) is 0 Å². The van der Waals surface area contributed by atoms with Gasteiger partial charge in [-0.15, -0.1) is 0 Å². The van der Waals surface area contributed by atoms with Crippen LogP contribution in [0.15, 0.2) is 48.5 Å². The van der Waals surface area contributed by atoms with E-state index >= 15 is 0 Å². The molecule has 3 nitrogen and oxygen atoms in total. The van der Waals surface area contributed by atoms with Gasteiger partial charge in [-0.2, -0.15) is 0 Å². The van der Waals surface area contributed by atoms with Gasteiger partial charge in [0.05, 0.1) is 5.02 Å². The highest BCUT2D eigenvalue weighted by Crippen LogP contribution is 2.30. The maximum absolute atomic E-state index is 13.1. The molecule has 2 aromatic rings. The van der Waals surface area contributed by atoms with Crippen molar-refractivity contribution < 1.29 is 13.9 Å². The minimum atomic E-state index is -0.860. The van der Waals surface area contributed by atoms with E-state index in [-0.39, 0.29) is 17.8 Å². The molecule has 22 heavy (non-hydrogen) atoms. The molecule has 0 unspecified atom stereocenters. The highest BCUT2D eigenvalue weighted by Gasteiger charge is 2.30. The largest absolute Gasteiger partial charge is 0.474 e. The van der Waals surface area contributed by atoms with Crippen LogP contribution in [-0.2, 0) is 4.79 Å². The van der Waals surface area contributed by atoms with Crippen LogP contribution in [0.2, 0.25) is 5.02 Å². The summed E-state index contributed by atoms with van der Waals surface area (Å²) >= 11 is 6.09. The lowest BCUT2D eigenvalue weighted by molar-refractivity contribution is -0.128. The van der Waals surface area contributed by atoms with Gasteiger partial charge in [-0.1, -0.05) is 35.9 Å². The molecule has 0 radical (unpaired) electrons. The number of rotatable bonds is 5. The number of ether oxygens (including phenoxy) is 1. The third-order valence-electron chi connectivity index (χ3n) is 3.42. The number of hydrogen-bond donors (Lipinski definition) is 1. The van der Waals surface area contributed by atoms with E-state index in [9.17, 15) is 9.18 Å². The fourth-order valence-corrected chi connectivity index (χ4v) is 2.26. The lowest BCUT2D eigenvalue weighted by Gasteiger charge is -2.19. The van der Waals surface area contributed by atoms with Crippen molar-refractivity contribution in [1.29, 1.82) is 0 Å². The first-order valence-electron chi connectivity index (χ1n) is 7.10. The Balaban J connectivity index is 1.86. The standard InChI is InChI=1S/C17H15ClFNO2/c18-14-3-1-2-4-15(14)22-16(17(21)20-13-9-10-13)11-5-7-12(19)8-6-11/h1-8,13,16H,9-10H2,(H,20,21)/t16-/m1/s1. The molecular formula is C17H15ClFNO2. The van der Waals surface area contributed by atoms with E-state index in [1.165, 1.54) is 12.1 Å². The molecule has 1 atom stereocenters. The maximum Gasteiger partial charge on any atom is 0.266 e. The first-order chi connectivity index (χ1) is 10.6. The summed E-state index contributed by atoms with van der Waals surface area (Å²) in [6, 6.07) is 12.9. The number of hydrogen-bond acceptors (Lipinski definition) is 2. The van der Waals surface area contributed by atoms with Gasteiger partial charge < -0.3 is 10.1 Å². The molecule has 0 aromatic heterocycles. The lowest BCUT2D eigenvalue weighted by Crippen LogP contribution is -2.33. The van der Waals surface area contributed by atoms with Crippen LogP contribution in [0.3, 0.4) is 0 Å². The van der Waals surface area contributed by atoms with Gasteiger partial charge in [0.15, 0.2) is 0 Å². The molecule has 2 aromatic carbocycles. The van der Waals surface area contributed by atoms with Crippen molar-refractivity contribution in [2.45, 2.75) is 25.0 Å². The van der Waals surface area contributed by atoms with Gasteiger partial charge in [0, 0.05) is 11.6 Å². The molecule has 0 bridgehead atoms. The SMILES string of the molecule is O=C(NC1CC1)[C@H](Oc1ccccc1Cl)c1ccc(F)cc1. The summed E-state index contributed by atoms with van der Waals surface area (Å²) in [5.41, 5.74) is 0.583. The van der Waals surface area contributed by atoms with Crippen molar-refractivity contribution >= 4 is 17.5 Å². The van der Waals surface area contributed by atoms with E-state index in [1.807, 2.05) is 0 Å². The third kappa shape index (κ3) is 3.57. The second-order valence-electron chi connectivity index (χ2n) is 5.26. The van der Waals surface area contributed by atoms with Gasteiger partial charge >= 0.3 is 0 Å². The van der Waals surface area contributed by atoms with Crippen molar-refractivity contribution in [3.63, 3.8) is 0 Å². The second kappa shape index (κ2) is 6.36. The predicted octanol–water partition coefficient (Wildman–Crippen LogP) is 3.88. The van der Waals surface area contributed by atoms with Crippen molar-refractivity contribution in [3.8, 4) is 5.75 Å². The van der Waals surface area contributed by atoms with E-state index in [0.29, 0.717) is 16.3 Å². The highest BCUT2D eigenvalue weighted by molar-refractivity contribution is 6.32. The molecular weight excluding hydrogens is 305 g/mol. The summed E-state index contributed by atoms with van der Waals surface area (Å²) in [4.78, 5) is 12.4. The van der Waals surface area contributed by atoms with E-state index in [4.69, 9.17) is 16.3 Å². The van der Waals surface area contributed by atoms with E-state index in [1.54, 1.807) is 36.4 Å². The van der Waals surface area contributed by atoms with Gasteiger partial charge in [-0.3, -0.25) is 4.79 Å². The van der Waals surface area contributed by atoms with Gasteiger partial charge in [-0.25, -0.2) is 4.39 Å². The highest BCUT2D eigenvalue weighted by atomic mass is 35.5. The lowest BCUT2D eigenvalue weighted by atomic mass is 10.1. The van der Waals surface area contributed by atoms with Crippen molar-refractivity contribution in [1.82, 2.24) is 5.32 Å². The average Bonchev–Trinajstić information content (AvgIpc) is 3.31. The molecule has 114 valence electrons. The normalized spacial score (nSPS) is 15.2. The first-order valence-corrected chi connectivity index (χ1v) is 7.48. The molecule has 3 rings (SSSR count). The zero-order valence-corrected chi connectivity index (χ0v) is 12.5. The maximum atomic E-state index is 13.1. The van der Waals surface area contributed by atoms with E-state index in [2.05, 4.69) is 5.32 Å². The zero-order valence-electron chi connectivity index (χ0n) is 11.8. The van der Waals surface area contributed by atoms with Crippen molar-refractivity contribution in [2.24, 2.45) is 0 Å². The molecule has 0 spiro atoms. The minimum absolute atomic E-state index is 0.213. The number of amides is 1. The van der Waals surface area contributed by atoms with Gasteiger partial charge in [0.1, 0.15) is 11.6 Å². The minimum Gasteiger partial charge on any atom is -0.474 e. The molecule has 1 aliphatic carbocycles. The average molecular weight is 320 g/mol. The van der Waals surface area contributed by atoms with Gasteiger partial charge in [-0.05, 0) is 37.1 Å². The number of halogens is 2. The van der Waals surface area contributed by atoms with Crippen LogP contribution >= 0.6 is 11.6 Å². The Bertz CT molecular complexity index is 671. The zero-order chi connectivity index (χ0) is 15.5. The molecule has 0 heterocycles. The predicted molar refractivity (Wildman–Crippen MR) is 82.4 cm³/mol. The molecule has 1 aliphatic rings. The Morgan fingerprint density at radius 3 is 2.50 bits per heavy atom. The molecule has 1 fully saturated rings. The number of nitrogens with one attached hydrogen (secondary N) is 1. The molecule has 0 saturated heterocycles.